The van der Waals surface area contributed by atoms with Crippen LogP contribution >= 0.6 is 0 Å². The van der Waals surface area contributed by atoms with Gasteiger partial charge in [-0.25, -0.2) is 0 Å². The molecule has 0 fully saturated rings. The third-order valence-electron chi connectivity index (χ3n) is 15.6. The van der Waals surface area contributed by atoms with Crippen molar-refractivity contribution < 1.29 is 9.47 Å². The number of rotatable bonds is 5. The zero-order valence-corrected chi connectivity index (χ0v) is 39.5. The first-order chi connectivity index (χ1) is 36.2. The minimum absolute atomic E-state index is 0.0685. The Morgan fingerprint density at radius 2 is 0.658 bits per heavy atom. The molecule has 0 amide bonds. The van der Waals surface area contributed by atoms with E-state index in [4.69, 9.17) is 9.47 Å². The number of hydrogen-bond acceptors (Lipinski definition) is 4. The van der Waals surface area contributed by atoms with E-state index in [2.05, 4.69) is 263 Å². The predicted molar refractivity (Wildman–Crippen MR) is 303 cm³/mol. The van der Waals surface area contributed by atoms with Gasteiger partial charge in [0.2, 0.25) is 0 Å². The smallest absolute Gasteiger partial charge is 0.256 e. The van der Waals surface area contributed by atoms with Gasteiger partial charge in [-0.1, -0.05) is 164 Å². The summed E-state index contributed by atoms with van der Waals surface area (Å²) in [5.74, 6) is 3.57. The summed E-state index contributed by atoms with van der Waals surface area (Å²) >= 11 is 0. The van der Waals surface area contributed by atoms with Crippen LogP contribution in [0.4, 0.5) is 34.1 Å². The van der Waals surface area contributed by atoms with Crippen molar-refractivity contribution in [2.75, 3.05) is 9.80 Å². The topological polar surface area (TPSA) is 29.9 Å². The maximum Gasteiger partial charge on any atom is 0.256 e. The Morgan fingerprint density at radius 1 is 0.274 bits per heavy atom. The van der Waals surface area contributed by atoms with Crippen molar-refractivity contribution in [1.82, 2.24) is 4.57 Å². The molecule has 4 aliphatic rings. The highest BCUT2D eigenvalue weighted by Gasteiger charge is 2.44. The number of fused-ring (bicyclic) bond motifs is 11. The Kier molecular flexibility index (Phi) is 8.57. The van der Waals surface area contributed by atoms with Crippen molar-refractivity contribution in [2.45, 2.75) is 0 Å². The lowest BCUT2D eigenvalue weighted by atomic mass is 9.34. The molecule has 4 aliphatic heterocycles. The van der Waals surface area contributed by atoms with E-state index in [0.717, 1.165) is 85.0 Å². The van der Waals surface area contributed by atoms with Crippen molar-refractivity contribution in [2.24, 2.45) is 0 Å². The van der Waals surface area contributed by atoms with Crippen LogP contribution in [-0.4, -0.2) is 18.0 Å². The van der Waals surface area contributed by atoms with Crippen LogP contribution in [0.5, 0.6) is 23.0 Å². The molecule has 5 nitrogen and oxygen atoms in total. The van der Waals surface area contributed by atoms with Gasteiger partial charge in [0.25, 0.3) is 13.4 Å². The van der Waals surface area contributed by atoms with Gasteiger partial charge < -0.3 is 23.8 Å². The van der Waals surface area contributed by atoms with Gasteiger partial charge in [0.05, 0.1) is 11.0 Å². The summed E-state index contributed by atoms with van der Waals surface area (Å²) in [6.07, 6.45) is 0. The molecule has 16 rings (SSSR count). The van der Waals surface area contributed by atoms with Crippen LogP contribution in [0.25, 0.3) is 49.7 Å². The van der Waals surface area contributed by atoms with Crippen LogP contribution in [0, 0.1) is 0 Å². The van der Waals surface area contributed by atoms with Gasteiger partial charge in [-0.2, -0.15) is 0 Å². The van der Waals surface area contributed by atoms with Crippen molar-refractivity contribution in [3.8, 4) is 50.9 Å². The van der Waals surface area contributed by atoms with E-state index in [1.807, 2.05) is 0 Å². The summed E-state index contributed by atoms with van der Waals surface area (Å²) < 4.78 is 16.2. The molecule has 11 aromatic carbocycles. The second-order valence-corrected chi connectivity index (χ2v) is 19.6. The van der Waals surface area contributed by atoms with Crippen LogP contribution in [-0.2, 0) is 0 Å². The molecule has 0 aliphatic carbocycles. The Bertz CT molecular complexity index is 4000. The van der Waals surface area contributed by atoms with Gasteiger partial charge in [-0.3, -0.25) is 0 Å². The molecule has 12 aromatic rings. The molecule has 5 heterocycles. The monoisotopic (exact) mass is 929 g/mol. The molecule has 0 atom stereocenters. The van der Waals surface area contributed by atoms with Gasteiger partial charge in [0.15, 0.2) is 0 Å². The largest absolute Gasteiger partial charge is 0.458 e. The minimum atomic E-state index is -0.0685. The number of aromatic nitrogens is 1. The van der Waals surface area contributed by atoms with Gasteiger partial charge in [-0.05, 0) is 140 Å². The van der Waals surface area contributed by atoms with Crippen molar-refractivity contribution in [3.63, 3.8) is 0 Å². The average Bonchev–Trinajstić information content (AvgIpc) is 3.76. The Balaban J connectivity index is 1.02. The third kappa shape index (κ3) is 5.94. The first-order valence-electron chi connectivity index (χ1n) is 25.1. The van der Waals surface area contributed by atoms with Gasteiger partial charge in [-0.15, -0.1) is 0 Å². The first-order valence-corrected chi connectivity index (χ1v) is 25.1. The number of nitrogens with zero attached hydrogens (tertiary/aromatic N) is 3. The second kappa shape index (κ2) is 15.5. The lowest BCUT2D eigenvalue weighted by molar-refractivity contribution is 0.487. The zero-order chi connectivity index (χ0) is 47.7. The summed E-state index contributed by atoms with van der Waals surface area (Å²) in [6.45, 7) is -0.137. The summed E-state index contributed by atoms with van der Waals surface area (Å²) in [5.41, 5.74) is 21.9. The molecule has 1 aromatic heterocycles. The highest BCUT2D eigenvalue weighted by Crippen LogP contribution is 2.47. The molecular weight excluding hydrogens is 888 g/mol. The van der Waals surface area contributed by atoms with Gasteiger partial charge >= 0.3 is 0 Å². The van der Waals surface area contributed by atoms with E-state index in [1.165, 1.54) is 54.7 Å². The quantitative estimate of drug-likeness (QED) is 0.161. The van der Waals surface area contributed by atoms with E-state index < -0.39 is 0 Å². The number of anilines is 6. The van der Waals surface area contributed by atoms with Crippen LogP contribution in [0.1, 0.15) is 0 Å². The number of para-hydroxylation sites is 3. The fourth-order valence-electron chi connectivity index (χ4n) is 12.6. The SMILES string of the molecule is c1ccc(-c2cccc(N3c4cc5c(cc4B4c6ccccc6Oc6cccc3c64)c3cc4c(cc3n5-c3ccccc3)N(c3cccc(-c5ccccc5)c3)c3cccc5c3B4c3ccccc3O5)c2)cc1. The summed E-state index contributed by atoms with van der Waals surface area (Å²) in [6, 6.07) is 90.5. The molecule has 0 saturated heterocycles. The molecule has 73 heavy (non-hydrogen) atoms. The molecule has 0 bridgehead atoms. The maximum absolute atomic E-state index is 6.83. The van der Waals surface area contributed by atoms with Crippen molar-refractivity contribution in [3.05, 3.63) is 249 Å². The molecule has 0 N–H and O–H groups in total. The van der Waals surface area contributed by atoms with E-state index in [1.54, 1.807) is 0 Å². The first kappa shape index (κ1) is 40.3. The summed E-state index contributed by atoms with van der Waals surface area (Å²) in [5, 5.41) is 2.39. The molecule has 0 spiro atoms. The highest BCUT2D eigenvalue weighted by molar-refractivity contribution is 7.00. The standard InChI is InChI=1S/C66H41B2N3O2/c1-4-18-42(19-5-1)44-22-14-26-47(36-44)70-55-30-16-34-63-65(55)67(51-28-10-12-32-61(51)72-63)53-38-49-50-39-54-60(41-58(50)69(57(49)40-59(53)70)46-24-8-3-9-25-46)71(48-27-15-23-45(37-48)43-20-6-2-7-21-43)56-31-17-35-64-66(56)68(54)52-29-11-13-33-62(52)73-64/h1-41H. The number of benzene rings is 11. The minimum Gasteiger partial charge on any atom is -0.458 e. The molecule has 7 heteroatoms. The van der Waals surface area contributed by atoms with Crippen LogP contribution in [0.15, 0.2) is 249 Å². The fraction of sp³-hybridized carbons (Fsp3) is 0. The lowest BCUT2D eigenvalue weighted by Gasteiger charge is -2.40. The summed E-state index contributed by atoms with van der Waals surface area (Å²) in [4.78, 5) is 4.95. The zero-order valence-electron chi connectivity index (χ0n) is 39.5. The summed E-state index contributed by atoms with van der Waals surface area (Å²) in [7, 11) is 0. The van der Waals surface area contributed by atoms with Crippen LogP contribution in [0.2, 0.25) is 0 Å². The molecule has 0 unspecified atom stereocenters. The Labute approximate surface area is 423 Å². The molecule has 0 saturated carbocycles. The Morgan fingerprint density at radius 3 is 1.14 bits per heavy atom. The fourth-order valence-corrected chi connectivity index (χ4v) is 12.6. The van der Waals surface area contributed by atoms with Crippen molar-refractivity contribution in [1.29, 1.82) is 0 Å². The second-order valence-electron chi connectivity index (χ2n) is 19.6. The van der Waals surface area contributed by atoms with Crippen molar-refractivity contribution >= 4 is 102 Å². The van der Waals surface area contributed by atoms with E-state index in [0.29, 0.717) is 0 Å². The normalized spacial score (nSPS) is 13.3. The number of ether oxygens (including phenoxy) is 2. The molecule has 0 radical (unpaired) electrons. The third-order valence-corrected chi connectivity index (χ3v) is 15.6. The lowest BCUT2D eigenvalue weighted by Crippen LogP contribution is -2.59. The highest BCUT2D eigenvalue weighted by atomic mass is 16.5. The Hall–Kier alpha value is -9.45. The van der Waals surface area contributed by atoms with Crippen LogP contribution < -0.4 is 52.1 Å². The maximum atomic E-state index is 6.83. The van der Waals surface area contributed by atoms with Gasteiger partial charge in [0, 0.05) is 50.6 Å². The average molecular weight is 930 g/mol. The van der Waals surface area contributed by atoms with E-state index >= 15 is 0 Å². The number of hydrogen-bond donors (Lipinski definition) is 0. The van der Waals surface area contributed by atoms with E-state index in [-0.39, 0.29) is 13.4 Å². The van der Waals surface area contributed by atoms with Gasteiger partial charge in [0.1, 0.15) is 23.0 Å². The van der Waals surface area contributed by atoms with Crippen LogP contribution in [0.3, 0.4) is 0 Å². The predicted octanol–water partition coefficient (Wildman–Crippen LogP) is 12.9. The molecular formula is C66H41B2N3O2. The van der Waals surface area contributed by atoms with E-state index in [9.17, 15) is 0 Å². The molecule has 338 valence electrons.